The maximum Gasteiger partial charge on any atom is 0.347 e. The molecule has 1 aromatic carbocycles. The van der Waals surface area contributed by atoms with Gasteiger partial charge in [-0.15, -0.1) is 0 Å². The monoisotopic (exact) mass is 462 g/mol. The van der Waals surface area contributed by atoms with Gasteiger partial charge in [0.1, 0.15) is 10.7 Å². The smallest absolute Gasteiger partial charge is 0.347 e. The molecule has 0 atom stereocenters. The molecule has 0 aliphatic heterocycles. The Morgan fingerprint density at radius 2 is 1.87 bits per heavy atom. The minimum atomic E-state index is -3.73. The molecule has 5 N–H and O–H groups in total. The summed E-state index contributed by atoms with van der Waals surface area (Å²) >= 11 is 1.01. The Morgan fingerprint density at radius 1 is 1.19 bits per heavy atom. The molecule has 164 valence electrons. The first-order chi connectivity index (χ1) is 14.5. The molecule has 3 rings (SSSR count). The van der Waals surface area contributed by atoms with Crippen LogP contribution in [-0.2, 0) is 16.6 Å². The third kappa shape index (κ3) is 5.75. The first-order valence-electron chi connectivity index (χ1n) is 9.25. The van der Waals surface area contributed by atoms with Crippen LogP contribution in [-0.4, -0.2) is 34.4 Å². The minimum Gasteiger partial charge on any atom is -0.477 e. The van der Waals surface area contributed by atoms with Crippen LogP contribution in [0.2, 0.25) is 0 Å². The van der Waals surface area contributed by atoms with Crippen molar-refractivity contribution in [3.8, 4) is 0 Å². The standard InChI is InChI=1S/C19H22N6O4S2/c1-10(2)14-8-15(21-9-12-4-6-13(7-5-12)31(20,28)29)24-18(23-14)25-19-22-11(3)16(30-19)17(26)27/h4-8,10H,9H2,1-3H3,(H,26,27)(H2,20,28,29)(H2,21,22,23,24,25). The summed E-state index contributed by atoms with van der Waals surface area (Å²) < 4.78 is 22.7. The topological polar surface area (TPSA) is 160 Å². The van der Waals surface area contributed by atoms with Crippen LogP contribution < -0.4 is 15.8 Å². The van der Waals surface area contributed by atoms with Crippen molar-refractivity contribution >= 4 is 44.2 Å². The first-order valence-corrected chi connectivity index (χ1v) is 11.6. The van der Waals surface area contributed by atoms with Crippen molar-refractivity contribution in [2.75, 3.05) is 10.6 Å². The molecule has 0 aliphatic rings. The molecule has 0 saturated heterocycles. The molecule has 0 amide bonds. The average molecular weight is 463 g/mol. The normalized spacial score (nSPS) is 11.5. The zero-order chi connectivity index (χ0) is 22.8. The van der Waals surface area contributed by atoms with E-state index in [1.54, 1.807) is 19.1 Å². The van der Waals surface area contributed by atoms with Crippen LogP contribution in [0.5, 0.6) is 0 Å². The highest BCUT2D eigenvalue weighted by atomic mass is 32.2. The lowest BCUT2D eigenvalue weighted by atomic mass is 10.1. The molecule has 0 aliphatic carbocycles. The number of nitrogens with one attached hydrogen (secondary N) is 2. The zero-order valence-corrected chi connectivity index (χ0v) is 18.7. The van der Waals surface area contributed by atoms with Crippen molar-refractivity contribution < 1.29 is 18.3 Å². The molecule has 10 nitrogen and oxygen atoms in total. The summed E-state index contributed by atoms with van der Waals surface area (Å²) in [5.74, 6) is -0.0473. The molecule has 0 spiro atoms. The maximum absolute atomic E-state index is 11.4. The molecule has 31 heavy (non-hydrogen) atoms. The number of hydrogen-bond donors (Lipinski definition) is 4. The fraction of sp³-hybridized carbons (Fsp3) is 0.263. The second kappa shape index (κ2) is 8.96. The van der Waals surface area contributed by atoms with Crippen LogP contribution in [0.3, 0.4) is 0 Å². The van der Waals surface area contributed by atoms with Gasteiger partial charge in [-0.25, -0.2) is 28.3 Å². The van der Waals surface area contributed by atoms with Crippen LogP contribution in [0.1, 0.15) is 46.4 Å². The van der Waals surface area contributed by atoms with Gasteiger partial charge in [-0.1, -0.05) is 37.3 Å². The Hall–Kier alpha value is -3.09. The van der Waals surface area contributed by atoms with Crippen molar-refractivity contribution in [3.63, 3.8) is 0 Å². The first kappa shape index (κ1) is 22.6. The number of primary sulfonamides is 1. The van der Waals surface area contributed by atoms with Gasteiger partial charge in [-0.3, -0.25) is 5.32 Å². The van der Waals surface area contributed by atoms with Crippen molar-refractivity contribution in [3.05, 3.63) is 52.2 Å². The number of rotatable bonds is 8. The third-order valence-electron chi connectivity index (χ3n) is 4.27. The van der Waals surface area contributed by atoms with Gasteiger partial charge in [-0.2, -0.15) is 4.98 Å². The molecule has 0 unspecified atom stereocenters. The van der Waals surface area contributed by atoms with E-state index in [9.17, 15) is 18.3 Å². The highest BCUT2D eigenvalue weighted by Crippen LogP contribution is 2.26. The van der Waals surface area contributed by atoms with Gasteiger partial charge < -0.3 is 10.4 Å². The second-order valence-corrected chi connectivity index (χ2v) is 9.62. The van der Waals surface area contributed by atoms with Crippen LogP contribution in [0, 0.1) is 6.92 Å². The van der Waals surface area contributed by atoms with Gasteiger partial charge in [0.15, 0.2) is 5.13 Å². The van der Waals surface area contributed by atoms with E-state index in [0.717, 1.165) is 22.6 Å². The predicted molar refractivity (Wildman–Crippen MR) is 118 cm³/mol. The lowest BCUT2D eigenvalue weighted by Crippen LogP contribution is -2.12. The van der Waals surface area contributed by atoms with E-state index in [1.807, 2.05) is 19.9 Å². The maximum atomic E-state index is 11.4. The third-order valence-corrected chi connectivity index (χ3v) is 6.26. The van der Waals surface area contributed by atoms with E-state index >= 15 is 0 Å². The number of nitrogens with zero attached hydrogens (tertiary/aromatic N) is 3. The van der Waals surface area contributed by atoms with Gasteiger partial charge in [0.05, 0.1) is 16.3 Å². The van der Waals surface area contributed by atoms with Crippen LogP contribution in [0.15, 0.2) is 35.2 Å². The quantitative estimate of drug-likeness (QED) is 0.394. The fourth-order valence-electron chi connectivity index (χ4n) is 2.64. The fourth-order valence-corrected chi connectivity index (χ4v) is 3.96. The number of hydrogen-bond acceptors (Lipinski definition) is 9. The second-order valence-electron chi connectivity index (χ2n) is 7.06. The Bertz CT molecular complexity index is 1210. The Balaban J connectivity index is 1.80. The van der Waals surface area contributed by atoms with Crippen molar-refractivity contribution in [2.45, 2.75) is 38.1 Å². The lowest BCUT2D eigenvalue weighted by Gasteiger charge is -2.12. The van der Waals surface area contributed by atoms with E-state index in [1.165, 1.54) is 12.1 Å². The highest BCUT2D eigenvalue weighted by Gasteiger charge is 2.16. The summed E-state index contributed by atoms with van der Waals surface area (Å²) in [4.78, 5) is 24.6. The minimum absolute atomic E-state index is 0.0475. The lowest BCUT2D eigenvalue weighted by molar-refractivity contribution is 0.0701. The largest absolute Gasteiger partial charge is 0.477 e. The number of carbonyl (C=O) groups is 1. The molecular weight excluding hydrogens is 440 g/mol. The van der Waals surface area contributed by atoms with Crippen molar-refractivity contribution in [2.24, 2.45) is 5.14 Å². The average Bonchev–Trinajstić information content (AvgIpc) is 3.06. The van der Waals surface area contributed by atoms with E-state index in [4.69, 9.17) is 5.14 Å². The van der Waals surface area contributed by atoms with Crippen LogP contribution in [0.25, 0.3) is 0 Å². The number of sulfonamides is 1. The number of nitrogens with two attached hydrogens (primary N) is 1. The Kier molecular flexibility index (Phi) is 6.53. The predicted octanol–water partition coefficient (Wildman–Crippen LogP) is 3.07. The number of carboxylic acids is 1. The Morgan fingerprint density at radius 3 is 2.42 bits per heavy atom. The number of aryl methyl sites for hydroxylation is 1. The molecular formula is C19H22N6O4S2. The summed E-state index contributed by atoms with van der Waals surface area (Å²) in [7, 11) is -3.73. The zero-order valence-electron chi connectivity index (χ0n) is 17.1. The van der Waals surface area contributed by atoms with Gasteiger partial charge in [0, 0.05) is 12.6 Å². The summed E-state index contributed by atoms with van der Waals surface area (Å²) in [6.45, 7) is 6.03. The van der Waals surface area contributed by atoms with E-state index in [0.29, 0.717) is 29.1 Å². The van der Waals surface area contributed by atoms with E-state index in [-0.39, 0.29) is 15.7 Å². The summed E-state index contributed by atoms with van der Waals surface area (Å²) in [5.41, 5.74) is 2.05. The molecule has 0 saturated carbocycles. The molecule has 2 aromatic heterocycles. The van der Waals surface area contributed by atoms with Crippen LogP contribution in [0.4, 0.5) is 16.9 Å². The van der Waals surface area contributed by atoms with Crippen molar-refractivity contribution in [1.29, 1.82) is 0 Å². The van der Waals surface area contributed by atoms with Gasteiger partial charge in [0.25, 0.3) is 0 Å². The van der Waals surface area contributed by atoms with E-state index in [2.05, 4.69) is 25.6 Å². The van der Waals surface area contributed by atoms with Gasteiger partial charge in [0.2, 0.25) is 16.0 Å². The number of carboxylic acid groups (broad SMARTS) is 1. The van der Waals surface area contributed by atoms with E-state index < -0.39 is 16.0 Å². The number of aromatic carboxylic acids is 1. The number of anilines is 3. The molecule has 0 fully saturated rings. The summed E-state index contributed by atoms with van der Waals surface area (Å²) in [5, 5.41) is 20.9. The number of benzene rings is 1. The number of aromatic nitrogens is 3. The molecule has 2 heterocycles. The molecule has 0 bridgehead atoms. The van der Waals surface area contributed by atoms with Gasteiger partial charge >= 0.3 is 5.97 Å². The summed E-state index contributed by atoms with van der Waals surface area (Å²) in [6.07, 6.45) is 0. The SMILES string of the molecule is Cc1nc(Nc2nc(NCc3ccc(S(N)(=O)=O)cc3)cc(C(C)C)n2)sc1C(=O)O. The number of thiazole rings is 1. The van der Waals surface area contributed by atoms with Gasteiger partial charge in [-0.05, 0) is 30.5 Å². The van der Waals surface area contributed by atoms with Crippen molar-refractivity contribution in [1.82, 2.24) is 15.0 Å². The highest BCUT2D eigenvalue weighted by molar-refractivity contribution is 7.89. The molecule has 3 aromatic rings. The molecule has 12 heteroatoms. The molecule has 0 radical (unpaired) electrons. The van der Waals surface area contributed by atoms with Crippen LogP contribution >= 0.6 is 11.3 Å². The summed E-state index contributed by atoms with van der Waals surface area (Å²) in [6, 6.07) is 8.06. The Labute approximate surface area is 183 Å².